The van der Waals surface area contributed by atoms with E-state index in [2.05, 4.69) is 10.0 Å². The molecule has 0 aliphatic rings. The third kappa shape index (κ3) is 9.47. The molecule has 8 nitrogen and oxygen atoms in total. The number of carbonyl (C=O) groups is 2. The molecular weight excluding hydrogens is 593 g/mol. The second kappa shape index (κ2) is 16.0. The first kappa shape index (κ1) is 33.4. The molecule has 0 bridgehead atoms. The van der Waals surface area contributed by atoms with E-state index < -0.39 is 21.9 Å². The molecule has 236 valence electrons. The summed E-state index contributed by atoms with van der Waals surface area (Å²) in [7, 11) is -1.99. The third-order valence-electron chi connectivity index (χ3n) is 7.33. The Morgan fingerprint density at radius 1 is 0.822 bits per heavy atom. The maximum Gasteiger partial charge on any atom is 0.247 e. The van der Waals surface area contributed by atoms with Crippen LogP contribution in [0.15, 0.2) is 108 Å². The van der Waals surface area contributed by atoms with E-state index in [1.807, 2.05) is 54.6 Å². The van der Waals surface area contributed by atoms with Gasteiger partial charge in [-0.1, -0.05) is 73.7 Å². The third-order valence-corrected chi connectivity index (χ3v) is 8.89. The van der Waals surface area contributed by atoms with Gasteiger partial charge in [0.05, 0.1) is 12.0 Å². The zero-order valence-electron chi connectivity index (χ0n) is 25.4. The van der Waals surface area contributed by atoms with Gasteiger partial charge in [-0.05, 0) is 71.5 Å². The van der Waals surface area contributed by atoms with E-state index in [-0.39, 0.29) is 36.2 Å². The van der Waals surface area contributed by atoms with Gasteiger partial charge in [-0.2, -0.15) is 0 Å². The van der Waals surface area contributed by atoms with Crippen molar-refractivity contribution in [2.75, 3.05) is 20.2 Å². The first-order valence-corrected chi connectivity index (χ1v) is 16.3. The van der Waals surface area contributed by atoms with Gasteiger partial charge < -0.3 is 15.0 Å². The van der Waals surface area contributed by atoms with Gasteiger partial charge in [0, 0.05) is 26.1 Å². The van der Waals surface area contributed by atoms with Crippen molar-refractivity contribution in [1.82, 2.24) is 14.9 Å². The second-order valence-electron chi connectivity index (χ2n) is 10.5. The van der Waals surface area contributed by atoms with Gasteiger partial charge in [0.1, 0.15) is 17.6 Å². The van der Waals surface area contributed by atoms with Crippen molar-refractivity contribution >= 4 is 21.8 Å². The number of hydrogen-bond acceptors (Lipinski definition) is 5. The molecule has 4 aromatic rings. The first-order valence-electron chi connectivity index (χ1n) is 14.8. The molecule has 10 heteroatoms. The minimum absolute atomic E-state index is 0.0724. The first-order chi connectivity index (χ1) is 21.7. The van der Waals surface area contributed by atoms with Crippen LogP contribution < -0.4 is 14.8 Å². The normalized spacial score (nSPS) is 11.9. The molecule has 4 aromatic carbocycles. The van der Waals surface area contributed by atoms with Gasteiger partial charge in [0.15, 0.2) is 0 Å². The van der Waals surface area contributed by atoms with Crippen molar-refractivity contribution < 1.29 is 27.1 Å². The number of methoxy groups -OCH3 is 1. The summed E-state index contributed by atoms with van der Waals surface area (Å²) in [5.41, 5.74) is 3.12. The van der Waals surface area contributed by atoms with Gasteiger partial charge in [0.25, 0.3) is 0 Å². The summed E-state index contributed by atoms with van der Waals surface area (Å²) in [4.78, 5) is 29.4. The molecule has 0 saturated heterocycles. The molecule has 2 amide bonds. The van der Waals surface area contributed by atoms with Gasteiger partial charge in [-0.15, -0.1) is 0 Å². The summed E-state index contributed by atoms with van der Waals surface area (Å²) in [6.45, 7) is 2.43. The van der Waals surface area contributed by atoms with Crippen LogP contribution in [0.3, 0.4) is 0 Å². The number of nitrogens with one attached hydrogen (secondary N) is 2. The maximum atomic E-state index is 13.9. The fraction of sp³-hybridized carbons (Fsp3) is 0.257. The molecule has 0 aliphatic heterocycles. The SMILES string of the molecule is CCNS(=O)(=O)c1ccc(CCC(=O)N(Cc2ccc(F)cc2)[C@@H](C(=O)NCCc2ccc(OC)cc2)c2ccccc2)cc1. The summed E-state index contributed by atoms with van der Waals surface area (Å²) in [5, 5.41) is 3.01. The highest BCUT2D eigenvalue weighted by Crippen LogP contribution is 2.26. The summed E-state index contributed by atoms with van der Waals surface area (Å²) in [6.07, 6.45) is 0.993. The van der Waals surface area contributed by atoms with Crippen LogP contribution in [0.2, 0.25) is 0 Å². The number of benzene rings is 4. The number of sulfonamides is 1. The molecule has 4 rings (SSSR count). The Kier molecular flexibility index (Phi) is 11.8. The quantitative estimate of drug-likeness (QED) is 0.188. The number of carbonyl (C=O) groups excluding carboxylic acids is 2. The maximum absolute atomic E-state index is 13.9. The molecule has 0 aromatic heterocycles. The van der Waals surface area contributed by atoms with Crippen molar-refractivity contribution in [2.24, 2.45) is 0 Å². The number of amides is 2. The number of aryl methyl sites for hydroxylation is 1. The highest BCUT2D eigenvalue weighted by Gasteiger charge is 2.31. The van der Waals surface area contributed by atoms with Crippen LogP contribution in [0.5, 0.6) is 5.75 Å². The van der Waals surface area contributed by atoms with Crippen molar-refractivity contribution in [3.63, 3.8) is 0 Å². The van der Waals surface area contributed by atoms with Crippen molar-refractivity contribution in [3.8, 4) is 5.75 Å². The minimum Gasteiger partial charge on any atom is -0.497 e. The van der Waals surface area contributed by atoms with Crippen LogP contribution in [0.25, 0.3) is 0 Å². The fourth-order valence-corrected chi connectivity index (χ4v) is 5.98. The molecule has 0 aliphatic carbocycles. The van der Waals surface area contributed by atoms with Crippen LogP contribution in [0.1, 0.15) is 41.6 Å². The fourth-order valence-electron chi connectivity index (χ4n) is 4.94. The number of rotatable bonds is 15. The van der Waals surface area contributed by atoms with Gasteiger partial charge in [0.2, 0.25) is 21.8 Å². The van der Waals surface area contributed by atoms with Gasteiger partial charge in [-0.3, -0.25) is 9.59 Å². The van der Waals surface area contributed by atoms with Crippen LogP contribution >= 0.6 is 0 Å². The lowest BCUT2D eigenvalue weighted by Gasteiger charge is -2.32. The summed E-state index contributed by atoms with van der Waals surface area (Å²) in [6, 6.07) is 28.0. The molecule has 0 saturated carbocycles. The van der Waals surface area contributed by atoms with E-state index in [1.165, 1.54) is 29.2 Å². The van der Waals surface area contributed by atoms with Crippen molar-refractivity contribution in [3.05, 3.63) is 131 Å². The lowest BCUT2D eigenvalue weighted by molar-refractivity contribution is -0.141. The Morgan fingerprint density at radius 2 is 1.42 bits per heavy atom. The second-order valence-corrected chi connectivity index (χ2v) is 12.3. The van der Waals surface area contributed by atoms with Gasteiger partial charge >= 0.3 is 0 Å². The highest BCUT2D eigenvalue weighted by atomic mass is 32.2. The van der Waals surface area contributed by atoms with E-state index in [1.54, 1.807) is 38.3 Å². The van der Waals surface area contributed by atoms with Crippen molar-refractivity contribution in [1.29, 1.82) is 0 Å². The monoisotopic (exact) mass is 631 g/mol. The zero-order chi connectivity index (χ0) is 32.2. The standard InChI is InChI=1S/C35H38FN3O5S/c1-3-38-45(42,43)32-20-13-26(14-21-32)15-22-33(40)39(25-28-9-16-30(36)17-10-28)34(29-7-5-4-6-8-29)35(41)37-24-23-27-11-18-31(44-2)19-12-27/h4-14,16-21,34,38H,3,15,22-25H2,1-2H3,(H,37,41)/t34-/m1/s1. The van der Waals surface area contributed by atoms with Gasteiger partial charge in [-0.25, -0.2) is 17.5 Å². The Hall–Kier alpha value is -4.54. The van der Waals surface area contributed by atoms with E-state index in [9.17, 15) is 22.4 Å². The Labute approximate surface area is 264 Å². The number of ether oxygens (including phenoxy) is 1. The largest absolute Gasteiger partial charge is 0.497 e. The summed E-state index contributed by atoms with van der Waals surface area (Å²) >= 11 is 0. The molecular formula is C35H38FN3O5S. The molecule has 0 fully saturated rings. The number of nitrogens with zero attached hydrogens (tertiary/aromatic N) is 1. The Morgan fingerprint density at radius 3 is 2.04 bits per heavy atom. The number of hydrogen-bond donors (Lipinski definition) is 2. The highest BCUT2D eigenvalue weighted by molar-refractivity contribution is 7.89. The Balaban J connectivity index is 1.55. The molecule has 0 spiro atoms. The lowest BCUT2D eigenvalue weighted by Crippen LogP contribution is -2.44. The molecule has 1 atom stereocenters. The van der Waals surface area contributed by atoms with E-state index >= 15 is 0 Å². The molecule has 0 radical (unpaired) electrons. The molecule has 0 unspecified atom stereocenters. The van der Waals surface area contributed by atoms with Crippen LogP contribution in [0, 0.1) is 5.82 Å². The average molecular weight is 632 g/mol. The molecule has 0 heterocycles. The predicted octanol–water partition coefficient (Wildman–Crippen LogP) is 5.19. The smallest absolute Gasteiger partial charge is 0.247 e. The van der Waals surface area contributed by atoms with Crippen LogP contribution in [0.4, 0.5) is 4.39 Å². The van der Waals surface area contributed by atoms with Crippen LogP contribution in [-0.2, 0) is 39.0 Å². The summed E-state index contributed by atoms with van der Waals surface area (Å²) < 4.78 is 46.0. The minimum atomic E-state index is -3.59. The predicted molar refractivity (Wildman–Crippen MR) is 171 cm³/mol. The lowest BCUT2D eigenvalue weighted by atomic mass is 10.0. The summed E-state index contributed by atoms with van der Waals surface area (Å²) in [5.74, 6) is -0.255. The Bertz CT molecular complexity index is 1650. The van der Waals surface area contributed by atoms with E-state index in [4.69, 9.17) is 4.74 Å². The van der Waals surface area contributed by atoms with Crippen LogP contribution in [-0.4, -0.2) is 45.3 Å². The molecule has 45 heavy (non-hydrogen) atoms. The zero-order valence-corrected chi connectivity index (χ0v) is 26.2. The molecule has 2 N–H and O–H groups in total. The van der Waals surface area contributed by atoms with E-state index in [0.717, 1.165) is 16.9 Å². The van der Waals surface area contributed by atoms with E-state index in [0.29, 0.717) is 30.5 Å². The van der Waals surface area contributed by atoms with Crippen molar-refractivity contribution in [2.45, 2.75) is 43.7 Å². The topological polar surface area (TPSA) is 105 Å². The number of halogens is 1. The average Bonchev–Trinajstić information content (AvgIpc) is 3.05.